The van der Waals surface area contributed by atoms with E-state index < -0.39 is 12.2 Å². The van der Waals surface area contributed by atoms with Gasteiger partial charge >= 0.3 is 6.18 Å². The molecule has 1 aliphatic heterocycles. The van der Waals surface area contributed by atoms with E-state index in [0.717, 1.165) is 0 Å². The second-order valence-electron chi connectivity index (χ2n) is 4.96. The van der Waals surface area contributed by atoms with Crippen molar-refractivity contribution in [3.05, 3.63) is 35.9 Å². The maximum atomic E-state index is 13.3. The summed E-state index contributed by atoms with van der Waals surface area (Å²) in [7, 11) is 0. The van der Waals surface area contributed by atoms with E-state index in [4.69, 9.17) is 5.11 Å². The molecular formula is C14H19F3N2O. The number of hydrogen-bond acceptors (Lipinski definition) is 3. The zero-order valence-electron chi connectivity index (χ0n) is 11.2. The molecule has 0 bridgehead atoms. The minimum absolute atomic E-state index is 0.0430. The number of aliphatic hydroxyl groups is 1. The number of β-amino-alcohol motifs (C(OH)–C–C–N with tert-alkyl or cyclic N) is 1. The van der Waals surface area contributed by atoms with Gasteiger partial charge in [0.05, 0.1) is 6.61 Å². The van der Waals surface area contributed by atoms with Crippen LogP contribution in [0.15, 0.2) is 30.3 Å². The molecule has 6 heteroatoms. The van der Waals surface area contributed by atoms with Crippen LogP contribution in [0.1, 0.15) is 11.6 Å². The van der Waals surface area contributed by atoms with E-state index in [9.17, 15) is 13.2 Å². The van der Waals surface area contributed by atoms with Gasteiger partial charge in [-0.25, -0.2) is 0 Å². The Balaban J connectivity index is 2.10. The number of alkyl halides is 3. The molecule has 1 aliphatic rings. The van der Waals surface area contributed by atoms with Crippen LogP contribution in [0.5, 0.6) is 0 Å². The molecule has 0 amide bonds. The SMILES string of the molecule is OCCN1CCN(C(c2ccccc2)C(F)(F)F)CC1. The van der Waals surface area contributed by atoms with E-state index in [-0.39, 0.29) is 12.2 Å². The fourth-order valence-electron chi connectivity index (χ4n) is 2.63. The van der Waals surface area contributed by atoms with Gasteiger partial charge in [0.1, 0.15) is 6.04 Å². The van der Waals surface area contributed by atoms with Gasteiger partial charge in [-0.2, -0.15) is 13.2 Å². The van der Waals surface area contributed by atoms with Crippen LogP contribution in [0.2, 0.25) is 0 Å². The minimum atomic E-state index is -4.28. The number of halogens is 3. The summed E-state index contributed by atoms with van der Waals surface area (Å²) in [6, 6.07) is 6.50. The Bertz CT molecular complexity index is 403. The molecule has 1 saturated heterocycles. The molecule has 112 valence electrons. The number of piperazine rings is 1. The fourth-order valence-corrected chi connectivity index (χ4v) is 2.63. The lowest BCUT2D eigenvalue weighted by molar-refractivity contribution is -0.190. The zero-order chi connectivity index (χ0) is 14.6. The van der Waals surface area contributed by atoms with E-state index in [1.54, 1.807) is 18.2 Å². The smallest absolute Gasteiger partial charge is 0.395 e. The third-order valence-corrected chi connectivity index (χ3v) is 3.61. The monoisotopic (exact) mass is 288 g/mol. The molecule has 2 rings (SSSR count). The maximum absolute atomic E-state index is 13.3. The molecule has 3 nitrogen and oxygen atoms in total. The van der Waals surface area contributed by atoms with Crippen LogP contribution >= 0.6 is 0 Å². The van der Waals surface area contributed by atoms with E-state index in [0.29, 0.717) is 32.7 Å². The van der Waals surface area contributed by atoms with E-state index in [2.05, 4.69) is 0 Å². The highest BCUT2D eigenvalue weighted by atomic mass is 19.4. The molecule has 0 spiro atoms. The summed E-state index contributed by atoms with van der Waals surface area (Å²) in [5.74, 6) is 0. The standard InChI is InChI=1S/C14H19F3N2O/c15-14(16,17)13(12-4-2-1-3-5-12)19-8-6-18(7-9-19)10-11-20/h1-5,13,20H,6-11H2. The first-order valence-electron chi connectivity index (χ1n) is 6.71. The number of aliphatic hydroxyl groups excluding tert-OH is 1. The number of nitrogens with zero attached hydrogens (tertiary/aromatic N) is 2. The van der Waals surface area contributed by atoms with Crippen molar-refractivity contribution in [2.24, 2.45) is 0 Å². The highest BCUT2D eigenvalue weighted by Gasteiger charge is 2.45. The highest BCUT2D eigenvalue weighted by Crippen LogP contribution is 2.37. The molecular weight excluding hydrogens is 269 g/mol. The number of rotatable bonds is 4. The number of hydrogen-bond donors (Lipinski definition) is 1. The topological polar surface area (TPSA) is 26.7 Å². The van der Waals surface area contributed by atoms with Crippen molar-refractivity contribution in [1.29, 1.82) is 0 Å². The Morgan fingerprint density at radius 1 is 1.05 bits per heavy atom. The third-order valence-electron chi connectivity index (χ3n) is 3.61. The molecule has 1 aromatic carbocycles. The van der Waals surface area contributed by atoms with Gasteiger partial charge in [0.25, 0.3) is 0 Å². The second kappa shape index (κ2) is 6.56. The molecule has 1 heterocycles. The van der Waals surface area contributed by atoms with Crippen LogP contribution in [0.4, 0.5) is 13.2 Å². The van der Waals surface area contributed by atoms with Crippen molar-refractivity contribution in [3.8, 4) is 0 Å². The molecule has 1 N–H and O–H groups in total. The van der Waals surface area contributed by atoms with Crippen molar-refractivity contribution in [3.63, 3.8) is 0 Å². The summed E-state index contributed by atoms with van der Waals surface area (Å²) < 4.78 is 40.0. The van der Waals surface area contributed by atoms with Crippen LogP contribution < -0.4 is 0 Å². The summed E-state index contributed by atoms with van der Waals surface area (Å²) in [5.41, 5.74) is 0.288. The largest absolute Gasteiger partial charge is 0.408 e. The average Bonchev–Trinajstić information content (AvgIpc) is 2.41. The Labute approximate surface area is 116 Å². The lowest BCUT2D eigenvalue weighted by Crippen LogP contribution is -2.51. The van der Waals surface area contributed by atoms with Gasteiger partial charge in [0.15, 0.2) is 0 Å². The lowest BCUT2D eigenvalue weighted by Gasteiger charge is -2.39. The molecule has 0 aromatic heterocycles. The van der Waals surface area contributed by atoms with Crippen molar-refractivity contribution in [2.75, 3.05) is 39.3 Å². The zero-order valence-corrected chi connectivity index (χ0v) is 11.2. The number of benzene rings is 1. The average molecular weight is 288 g/mol. The molecule has 1 fully saturated rings. The van der Waals surface area contributed by atoms with Crippen LogP contribution in [0.25, 0.3) is 0 Å². The van der Waals surface area contributed by atoms with Crippen molar-refractivity contribution < 1.29 is 18.3 Å². The Hall–Kier alpha value is -1.11. The summed E-state index contributed by atoms with van der Waals surface area (Å²) in [6.45, 7) is 2.40. The second-order valence-corrected chi connectivity index (χ2v) is 4.96. The van der Waals surface area contributed by atoms with Gasteiger partial charge in [-0.3, -0.25) is 9.80 Å². The molecule has 20 heavy (non-hydrogen) atoms. The first-order valence-corrected chi connectivity index (χ1v) is 6.71. The third kappa shape index (κ3) is 3.71. The van der Waals surface area contributed by atoms with Gasteiger partial charge in [0, 0.05) is 32.7 Å². The quantitative estimate of drug-likeness (QED) is 0.916. The summed E-state index contributed by atoms with van der Waals surface area (Å²) >= 11 is 0. The first kappa shape index (κ1) is 15.3. The van der Waals surface area contributed by atoms with Gasteiger partial charge in [-0.15, -0.1) is 0 Å². The molecule has 1 aromatic rings. The van der Waals surface area contributed by atoms with Gasteiger partial charge in [0.2, 0.25) is 0 Å². The van der Waals surface area contributed by atoms with Gasteiger partial charge < -0.3 is 5.11 Å². The predicted octanol–water partition coefficient (Wildman–Crippen LogP) is 1.90. The van der Waals surface area contributed by atoms with E-state index >= 15 is 0 Å². The molecule has 0 aliphatic carbocycles. The summed E-state index contributed by atoms with van der Waals surface area (Å²) in [5, 5.41) is 8.87. The van der Waals surface area contributed by atoms with Crippen molar-refractivity contribution in [2.45, 2.75) is 12.2 Å². The highest BCUT2D eigenvalue weighted by molar-refractivity contribution is 5.20. The van der Waals surface area contributed by atoms with Crippen LogP contribution in [0.3, 0.4) is 0 Å². The predicted molar refractivity (Wildman–Crippen MR) is 70.3 cm³/mol. The summed E-state index contributed by atoms with van der Waals surface area (Å²) in [4.78, 5) is 3.46. The normalized spacial score (nSPS) is 20.0. The van der Waals surface area contributed by atoms with Crippen LogP contribution in [-0.2, 0) is 0 Å². The Morgan fingerprint density at radius 2 is 1.65 bits per heavy atom. The lowest BCUT2D eigenvalue weighted by atomic mass is 10.0. The molecule has 0 radical (unpaired) electrons. The Kier molecular flexibility index (Phi) is 5.01. The molecule has 1 atom stereocenters. The van der Waals surface area contributed by atoms with Gasteiger partial charge in [-0.05, 0) is 5.56 Å². The van der Waals surface area contributed by atoms with Crippen molar-refractivity contribution in [1.82, 2.24) is 9.80 Å². The first-order chi connectivity index (χ1) is 9.52. The van der Waals surface area contributed by atoms with Gasteiger partial charge in [-0.1, -0.05) is 30.3 Å². The van der Waals surface area contributed by atoms with Crippen LogP contribution in [-0.4, -0.2) is 60.4 Å². The van der Waals surface area contributed by atoms with E-state index in [1.807, 2.05) is 4.90 Å². The molecule has 0 saturated carbocycles. The summed E-state index contributed by atoms with van der Waals surface area (Å²) in [6.07, 6.45) is -4.28. The van der Waals surface area contributed by atoms with Crippen molar-refractivity contribution >= 4 is 0 Å². The Morgan fingerprint density at radius 3 is 2.15 bits per heavy atom. The fraction of sp³-hybridized carbons (Fsp3) is 0.571. The minimum Gasteiger partial charge on any atom is -0.395 e. The van der Waals surface area contributed by atoms with Crippen LogP contribution in [0, 0.1) is 0 Å². The maximum Gasteiger partial charge on any atom is 0.408 e. The van der Waals surface area contributed by atoms with E-state index in [1.165, 1.54) is 17.0 Å². The molecule has 1 unspecified atom stereocenters.